The van der Waals surface area contributed by atoms with Gasteiger partial charge in [-0.25, -0.2) is 8.42 Å². The number of nitrogens with zero attached hydrogens (tertiary/aromatic N) is 1. The lowest BCUT2D eigenvalue weighted by Gasteiger charge is -2.23. The molecule has 1 unspecified atom stereocenters. The smallest absolute Gasteiger partial charge is 0.221 e. The Labute approximate surface area is 105 Å². The number of carbonyl (C=O) groups excluding carboxylic acids is 1. The molecule has 0 saturated heterocycles. The van der Waals surface area contributed by atoms with Gasteiger partial charge < -0.3 is 5.32 Å². The maximum atomic E-state index is 11.5. The van der Waals surface area contributed by atoms with Crippen molar-refractivity contribution in [3.63, 3.8) is 0 Å². The van der Waals surface area contributed by atoms with Crippen molar-refractivity contribution in [1.82, 2.24) is 9.62 Å². The van der Waals surface area contributed by atoms with E-state index in [1.807, 2.05) is 13.8 Å². The highest BCUT2D eigenvalue weighted by atomic mass is 32.2. The summed E-state index contributed by atoms with van der Waals surface area (Å²) in [4.78, 5) is 11.5. The fraction of sp³-hybridized carbons (Fsp3) is 0.909. The lowest BCUT2D eigenvalue weighted by molar-refractivity contribution is -0.121. The van der Waals surface area contributed by atoms with Gasteiger partial charge in [-0.1, -0.05) is 6.92 Å². The number of carbonyl (C=O) groups is 1. The van der Waals surface area contributed by atoms with Crippen LogP contribution in [0.2, 0.25) is 0 Å². The van der Waals surface area contributed by atoms with Gasteiger partial charge in [-0.15, -0.1) is 0 Å². The molecule has 0 aromatic carbocycles. The Hall–Kier alpha value is -0.620. The minimum absolute atomic E-state index is 0.103. The van der Waals surface area contributed by atoms with E-state index in [-0.39, 0.29) is 31.0 Å². The molecule has 0 saturated carbocycles. The summed E-state index contributed by atoms with van der Waals surface area (Å²) in [6.07, 6.45) is 2.24. The molecular formula is C11H24N2O3S. The van der Waals surface area contributed by atoms with Gasteiger partial charge in [-0.2, -0.15) is 4.31 Å². The first-order chi connectivity index (χ1) is 7.68. The van der Waals surface area contributed by atoms with Crippen LogP contribution in [0.25, 0.3) is 0 Å². The van der Waals surface area contributed by atoms with Gasteiger partial charge in [0, 0.05) is 25.0 Å². The Balaban J connectivity index is 4.29. The van der Waals surface area contributed by atoms with Crippen molar-refractivity contribution >= 4 is 15.9 Å². The fourth-order valence-electron chi connectivity index (χ4n) is 1.47. The van der Waals surface area contributed by atoms with Gasteiger partial charge in [0.15, 0.2) is 0 Å². The largest absolute Gasteiger partial charge is 0.354 e. The Bertz CT molecular complexity index is 339. The zero-order chi connectivity index (χ0) is 13.6. The molecule has 17 heavy (non-hydrogen) atoms. The van der Waals surface area contributed by atoms with Gasteiger partial charge in [-0.05, 0) is 27.2 Å². The van der Waals surface area contributed by atoms with Crippen molar-refractivity contribution < 1.29 is 13.2 Å². The summed E-state index contributed by atoms with van der Waals surface area (Å²) in [5, 5.41) is 2.81. The number of hydrogen-bond donors (Lipinski definition) is 1. The quantitative estimate of drug-likeness (QED) is 0.745. The number of nitrogens with one attached hydrogen (secondary N) is 1. The molecule has 0 aliphatic rings. The number of sulfonamides is 1. The molecule has 6 heteroatoms. The normalized spacial score (nSPS) is 14.1. The van der Waals surface area contributed by atoms with Crippen LogP contribution in [0.4, 0.5) is 0 Å². The molecule has 1 N–H and O–H groups in total. The Morgan fingerprint density at radius 1 is 1.29 bits per heavy atom. The molecule has 0 aromatic rings. The highest BCUT2D eigenvalue weighted by Crippen LogP contribution is 2.06. The first-order valence-corrected chi connectivity index (χ1v) is 7.79. The third-order valence-electron chi connectivity index (χ3n) is 2.58. The second-order valence-corrected chi connectivity index (χ2v) is 6.53. The maximum Gasteiger partial charge on any atom is 0.221 e. The van der Waals surface area contributed by atoms with E-state index in [1.165, 1.54) is 10.6 Å². The highest BCUT2D eigenvalue weighted by Gasteiger charge is 2.20. The van der Waals surface area contributed by atoms with Crippen molar-refractivity contribution in [3.8, 4) is 0 Å². The third-order valence-corrected chi connectivity index (χ3v) is 4.04. The summed E-state index contributed by atoms with van der Waals surface area (Å²) in [5.74, 6) is -0.103. The molecule has 0 rings (SSSR count). The molecule has 0 fully saturated rings. The summed E-state index contributed by atoms with van der Waals surface area (Å²) in [7, 11) is -3.24. The second kappa shape index (κ2) is 6.96. The van der Waals surface area contributed by atoms with Crippen LogP contribution in [0.1, 0.15) is 40.5 Å². The summed E-state index contributed by atoms with van der Waals surface area (Å²) in [6.45, 7) is 7.75. The lowest BCUT2D eigenvalue weighted by atomic mass is 10.2. The van der Waals surface area contributed by atoms with Crippen molar-refractivity contribution in [1.29, 1.82) is 0 Å². The number of amides is 1. The minimum atomic E-state index is -3.24. The van der Waals surface area contributed by atoms with Gasteiger partial charge >= 0.3 is 0 Å². The van der Waals surface area contributed by atoms with Crippen LogP contribution >= 0.6 is 0 Å². The van der Waals surface area contributed by atoms with E-state index in [1.54, 1.807) is 13.8 Å². The Morgan fingerprint density at radius 3 is 2.18 bits per heavy atom. The highest BCUT2D eigenvalue weighted by molar-refractivity contribution is 7.88. The molecule has 0 aliphatic heterocycles. The zero-order valence-electron chi connectivity index (χ0n) is 11.4. The van der Waals surface area contributed by atoms with Crippen molar-refractivity contribution in [2.75, 3.05) is 12.8 Å². The molecule has 0 bridgehead atoms. The van der Waals surface area contributed by atoms with Gasteiger partial charge in [0.25, 0.3) is 0 Å². The van der Waals surface area contributed by atoms with Crippen LogP contribution in [-0.2, 0) is 14.8 Å². The fourth-order valence-corrected chi connectivity index (χ4v) is 2.66. The van der Waals surface area contributed by atoms with Crippen LogP contribution in [0, 0.1) is 0 Å². The van der Waals surface area contributed by atoms with Crippen LogP contribution in [0.15, 0.2) is 0 Å². The summed E-state index contributed by atoms with van der Waals surface area (Å²) >= 11 is 0. The average Bonchev–Trinajstić information content (AvgIpc) is 2.14. The van der Waals surface area contributed by atoms with E-state index in [4.69, 9.17) is 0 Å². The summed E-state index contributed by atoms with van der Waals surface area (Å²) in [6, 6.07) is 0.00892. The van der Waals surface area contributed by atoms with Gasteiger partial charge in [0.2, 0.25) is 15.9 Å². The molecule has 102 valence electrons. The van der Waals surface area contributed by atoms with E-state index in [9.17, 15) is 13.2 Å². The maximum absolute atomic E-state index is 11.5. The molecule has 0 heterocycles. The summed E-state index contributed by atoms with van der Waals surface area (Å²) < 4.78 is 24.3. The molecule has 0 radical (unpaired) electrons. The second-order valence-electron chi connectivity index (χ2n) is 4.59. The Kier molecular flexibility index (Phi) is 6.70. The molecule has 0 aliphatic carbocycles. The predicted octanol–water partition coefficient (Wildman–Crippen LogP) is 0.961. The van der Waals surface area contributed by atoms with Gasteiger partial charge in [0.05, 0.1) is 6.26 Å². The van der Waals surface area contributed by atoms with Crippen molar-refractivity contribution in [2.24, 2.45) is 0 Å². The van der Waals surface area contributed by atoms with E-state index in [0.717, 1.165) is 6.42 Å². The molecule has 1 atom stereocenters. The monoisotopic (exact) mass is 264 g/mol. The van der Waals surface area contributed by atoms with Crippen LogP contribution in [-0.4, -0.2) is 43.5 Å². The predicted molar refractivity (Wildman–Crippen MR) is 69.2 cm³/mol. The number of hydrogen-bond acceptors (Lipinski definition) is 3. The topological polar surface area (TPSA) is 66.5 Å². The van der Waals surface area contributed by atoms with Crippen LogP contribution in [0.5, 0.6) is 0 Å². The minimum Gasteiger partial charge on any atom is -0.354 e. The first kappa shape index (κ1) is 16.4. The van der Waals surface area contributed by atoms with Crippen LogP contribution in [0.3, 0.4) is 0 Å². The van der Waals surface area contributed by atoms with Crippen LogP contribution < -0.4 is 5.32 Å². The number of rotatable bonds is 7. The molecule has 0 aromatic heterocycles. The molecule has 0 spiro atoms. The zero-order valence-corrected chi connectivity index (χ0v) is 12.2. The van der Waals surface area contributed by atoms with Crippen molar-refractivity contribution in [2.45, 2.75) is 52.6 Å². The van der Waals surface area contributed by atoms with E-state index in [2.05, 4.69) is 5.32 Å². The molecule has 5 nitrogen and oxygen atoms in total. The molecular weight excluding hydrogens is 240 g/mol. The van der Waals surface area contributed by atoms with E-state index in [0.29, 0.717) is 0 Å². The van der Waals surface area contributed by atoms with E-state index >= 15 is 0 Å². The third kappa shape index (κ3) is 6.63. The lowest BCUT2D eigenvalue weighted by Crippen LogP contribution is -2.40. The first-order valence-electron chi connectivity index (χ1n) is 5.94. The van der Waals surface area contributed by atoms with Gasteiger partial charge in [0.1, 0.15) is 0 Å². The summed E-state index contributed by atoms with van der Waals surface area (Å²) in [5.41, 5.74) is 0. The standard InChI is InChI=1S/C11H24N2O3S/c1-6-10(4)12-11(14)7-8-13(9(2)3)17(5,15)16/h9-10H,6-8H2,1-5H3,(H,12,14). The van der Waals surface area contributed by atoms with Crippen molar-refractivity contribution in [3.05, 3.63) is 0 Å². The average molecular weight is 264 g/mol. The van der Waals surface area contributed by atoms with Gasteiger partial charge in [-0.3, -0.25) is 4.79 Å². The van der Waals surface area contributed by atoms with E-state index < -0.39 is 10.0 Å². The Morgan fingerprint density at radius 2 is 1.82 bits per heavy atom. The SMILES string of the molecule is CCC(C)NC(=O)CCN(C(C)C)S(C)(=O)=O. The molecule has 1 amide bonds.